The minimum absolute atomic E-state index is 0.304. The molecule has 1 fully saturated rings. The zero-order valence-corrected chi connectivity index (χ0v) is 15.2. The number of halogens is 1. The van der Waals surface area contributed by atoms with Gasteiger partial charge in [-0.2, -0.15) is 0 Å². The average molecular weight is 397 g/mol. The number of thiophene rings is 1. The Balaban J connectivity index is 1.85. The van der Waals surface area contributed by atoms with Crippen molar-refractivity contribution < 1.29 is 13.2 Å². The molecule has 0 amide bonds. The van der Waals surface area contributed by atoms with Crippen LogP contribution < -0.4 is 10.0 Å². The van der Waals surface area contributed by atoms with Crippen LogP contribution in [-0.4, -0.2) is 34.7 Å². The molecule has 0 spiro atoms. The van der Waals surface area contributed by atoms with E-state index in [4.69, 9.17) is 4.74 Å². The minimum atomic E-state index is -3.48. The van der Waals surface area contributed by atoms with E-state index in [1.807, 2.05) is 7.05 Å². The molecular weight excluding hydrogens is 376 g/mol. The van der Waals surface area contributed by atoms with Crippen molar-refractivity contribution in [3.05, 3.63) is 14.7 Å². The molecule has 1 saturated carbocycles. The molecule has 5 nitrogen and oxygen atoms in total. The monoisotopic (exact) mass is 396 g/mol. The zero-order chi connectivity index (χ0) is 15.3. The molecule has 2 N–H and O–H groups in total. The molecule has 120 valence electrons. The second kappa shape index (κ2) is 8.03. The van der Waals surface area contributed by atoms with Gasteiger partial charge < -0.3 is 10.1 Å². The third-order valence-corrected chi connectivity index (χ3v) is 7.11. The molecule has 1 aliphatic rings. The van der Waals surface area contributed by atoms with Crippen LogP contribution in [0.3, 0.4) is 0 Å². The molecule has 2 rings (SSSR count). The van der Waals surface area contributed by atoms with E-state index in [1.54, 1.807) is 6.07 Å². The SMILES string of the molecule is CNCc1cc(S(=O)(=O)NCCOC2CCCC2)c(Br)s1. The average Bonchev–Trinajstić information content (AvgIpc) is 3.05. The van der Waals surface area contributed by atoms with Crippen molar-refractivity contribution in [3.8, 4) is 0 Å². The third kappa shape index (κ3) is 5.01. The third-order valence-electron chi connectivity index (χ3n) is 3.40. The second-order valence-electron chi connectivity index (χ2n) is 5.06. The molecule has 1 heterocycles. The Morgan fingerprint density at radius 3 is 2.81 bits per heavy atom. The molecule has 0 aliphatic heterocycles. The number of nitrogens with one attached hydrogen (secondary N) is 2. The predicted octanol–water partition coefficient (Wildman–Crippen LogP) is 2.47. The number of hydrogen-bond acceptors (Lipinski definition) is 5. The first-order valence-electron chi connectivity index (χ1n) is 7.07. The van der Waals surface area contributed by atoms with Crippen LogP contribution in [0, 0.1) is 0 Å². The lowest BCUT2D eigenvalue weighted by Gasteiger charge is -2.11. The predicted molar refractivity (Wildman–Crippen MR) is 88.2 cm³/mol. The number of ether oxygens (including phenoxy) is 1. The van der Waals surface area contributed by atoms with Gasteiger partial charge in [0.25, 0.3) is 0 Å². The lowest BCUT2D eigenvalue weighted by atomic mass is 10.3. The quantitative estimate of drug-likeness (QED) is 0.662. The Morgan fingerprint density at radius 2 is 2.14 bits per heavy atom. The Morgan fingerprint density at radius 1 is 1.43 bits per heavy atom. The summed E-state index contributed by atoms with van der Waals surface area (Å²) in [6, 6.07) is 1.70. The summed E-state index contributed by atoms with van der Waals surface area (Å²) in [5.74, 6) is 0. The molecule has 0 unspecified atom stereocenters. The highest BCUT2D eigenvalue weighted by molar-refractivity contribution is 9.11. The lowest BCUT2D eigenvalue weighted by molar-refractivity contribution is 0.0626. The highest BCUT2D eigenvalue weighted by atomic mass is 79.9. The minimum Gasteiger partial charge on any atom is -0.377 e. The summed E-state index contributed by atoms with van der Waals surface area (Å²) >= 11 is 4.76. The molecule has 1 aromatic rings. The highest BCUT2D eigenvalue weighted by Gasteiger charge is 2.21. The first kappa shape index (κ1) is 17.4. The molecule has 1 aromatic heterocycles. The van der Waals surface area contributed by atoms with Crippen LogP contribution in [0.15, 0.2) is 14.7 Å². The summed E-state index contributed by atoms with van der Waals surface area (Å²) in [6.45, 7) is 1.39. The molecule has 0 atom stereocenters. The summed E-state index contributed by atoms with van der Waals surface area (Å²) in [5, 5.41) is 3.01. The molecule has 21 heavy (non-hydrogen) atoms. The van der Waals surface area contributed by atoms with E-state index in [0.717, 1.165) is 17.7 Å². The molecule has 0 aromatic carbocycles. The Bertz CT molecular complexity index is 554. The molecular formula is C13H21BrN2O3S2. The van der Waals surface area contributed by atoms with Gasteiger partial charge in [-0.25, -0.2) is 13.1 Å². The van der Waals surface area contributed by atoms with Crippen molar-refractivity contribution in [1.82, 2.24) is 10.0 Å². The summed E-state index contributed by atoms with van der Waals surface area (Å²) in [7, 11) is -1.64. The summed E-state index contributed by atoms with van der Waals surface area (Å²) < 4.78 is 33.4. The van der Waals surface area contributed by atoms with Crippen LogP contribution in [0.4, 0.5) is 0 Å². The largest absolute Gasteiger partial charge is 0.377 e. The van der Waals surface area contributed by atoms with Crippen molar-refractivity contribution in [3.63, 3.8) is 0 Å². The van der Waals surface area contributed by atoms with Gasteiger partial charge in [-0.05, 0) is 41.9 Å². The zero-order valence-electron chi connectivity index (χ0n) is 12.0. The van der Waals surface area contributed by atoms with Crippen LogP contribution in [0.25, 0.3) is 0 Å². The van der Waals surface area contributed by atoms with Crippen molar-refractivity contribution >= 4 is 37.3 Å². The number of hydrogen-bond donors (Lipinski definition) is 2. The Labute approximate surface area is 138 Å². The summed E-state index contributed by atoms with van der Waals surface area (Å²) in [6.07, 6.45) is 4.93. The van der Waals surface area contributed by atoms with E-state index < -0.39 is 10.0 Å². The van der Waals surface area contributed by atoms with E-state index in [9.17, 15) is 8.42 Å². The van der Waals surface area contributed by atoms with E-state index in [1.165, 1.54) is 24.2 Å². The van der Waals surface area contributed by atoms with E-state index in [2.05, 4.69) is 26.0 Å². The van der Waals surface area contributed by atoms with Gasteiger partial charge in [0.15, 0.2) is 0 Å². The van der Waals surface area contributed by atoms with Gasteiger partial charge in [0, 0.05) is 18.0 Å². The van der Waals surface area contributed by atoms with Crippen LogP contribution >= 0.6 is 27.3 Å². The second-order valence-corrected chi connectivity index (χ2v) is 9.25. The van der Waals surface area contributed by atoms with Crippen molar-refractivity contribution in [1.29, 1.82) is 0 Å². The Hall–Kier alpha value is 0.01000. The first-order valence-corrected chi connectivity index (χ1v) is 10.2. The van der Waals surface area contributed by atoms with E-state index in [-0.39, 0.29) is 0 Å². The van der Waals surface area contributed by atoms with Crippen molar-refractivity contribution in [2.75, 3.05) is 20.2 Å². The van der Waals surface area contributed by atoms with Gasteiger partial charge in [-0.1, -0.05) is 12.8 Å². The van der Waals surface area contributed by atoms with E-state index in [0.29, 0.717) is 34.5 Å². The fraction of sp³-hybridized carbons (Fsp3) is 0.692. The number of sulfonamides is 1. The van der Waals surface area contributed by atoms with Gasteiger partial charge in [0.05, 0.1) is 16.5 Å². The van der Waals surface area contributed by atoms with Gasteiger partial charge in [-0.3, -0.25) is 0 Å². The van der Waals surface area contributed by atoms with Crippen LogP contribution in [0.2, 0.25) is 0 Å². The van der Waals surface area contributed by atoms with Crippen LogP contribution in [0.5, 0.6) is 0 Å². The Kier molecular flexibility index (Phi) is 6.64. The molecule has 0 saturated heterocycles. The normalized spacial score (nSPS) is 16.7. The van der Waals surface area contributed by atoms with Gasteiger partial charge >= 0.3 is 0 Å². The maximum absolute atomic E-state index is 12.3. The molecule has 8 heteroatoms. The van der Waals surface area contributed by atoms with Gasteiger partial charge in [-0.15, -0.1) is 11.3 Å². The topological polar surface area (TPSA) is 67.4 Å². The number of rotatable bonds is 8. The molecule has 0 bridgehead atoms. The van der Waals surface area contributed by atoms with Crippen LogP contribution in [0.1, 0.15) is 30.6 Å². The highest BCUT2D eigenvalue weighted by Crippen LogP contribution is 2.31. The maximum Gasteiger partial charge on any atom is 0.242 e. The summed E-state index contributed by atoms with van der Waals surface area (Å²) in [5.41, 5.74) is 0. The van der Waals surface area contributed by atoms with Gasteiger partial charge in [0.1, 0.15) is 4.90 Å². The maximum atomic E-state index is 12.3. The molecule has 1 aliphatic carbocycles. The van der Waals surface area contributed by atoms with Crippen molar-refractivity contribution in [2.45, 2.75) is 43.2 Å². The smallest absolute Gasteiger partial charge is 0.242 e. The summed E-state index contributed by atoms with van der Waals surface area (Å²) in [4.78, 5) is 1.28. The van der Waals surface area contributed by atoms with Crippen molar-refractivity contribution in [2.24, 2.45) is 0 Å². The van der Waals surface area contributed by atoms with E-state index >= 15 is 0 Å². The first-order chi connectivity index (χ1) is 10.0. The molecule has 0 radical (unpaired) electrons. The fourth-order valence-corrected chi connectivity index (χ4v) is 6.08. The lowest BCUT2D eigenvalue weighted by Crippen LogP contribution is -2.28. The van der Waals surface area contributed by atoms with Gasteiger partial charge in [0.2, 0.25) is 10.0 Å². The van der Waals surface area contributed by atoms with Crippen LogP contribution in [-0.2, 0) is 21.3 Å². The fourth-order valence-electron chi connectivity index (χ4n) is 2.38. The standard InChI is InChI=1S/C13H21BrN2O3S2/c1-15-9-11-8-12(13(14)20-11)21(17,18)16-6-7-19-10-4-2-3-5-10/h8,10,15-16H,2-7,9H2,1H3.